The van der Waals surface area contributed by atoms with Crippen molar-refractivity contribution in [3.05, 3.63) is 35.9 Å². The minimum Gasteiger partial charge on any atom is -0.468 e. The maximum absolute atomic E-state index is 11.5. The molecule has 6 heteroatoms. The summed E-state index contributed by atoms with van der Waals surface area (Å²) in [6.45, 7) is 0.280. The molecule has 0 fully saturated rings. The number of carbonyl (C=O) groups is 2. The van der Waals surface area contributed by atoms with Crippen molar-refractivity contribution in [3.63, 3.8) is 0 Å². The molecule has 104 valence electrons. The molecule has 0 radical (unpaired) electrons. The Balaban J connectivity index is 2.21. The molecule has 3 N–H and O–H groups in total. The Labute approximate surface area is 111 Å². The molecule has 0 saturated carbocycles. The van der Waals surface area contributed by atoms with Crippen LogP contribution in [0, 0.1) is 0 Å². The van der Waals surface area contributed by atoms with E-state index in [2.05, 4.69) is 10.1 Å². The van der Waals surface area contributed by atoms with E-state index >= 15 is 0 Å². The Bertz CT molecular complexity index is 408. The van der Waals surface area contributed by atoms with Crippen LogP contribution >= 0.6 is 0 Å². The van der Waals surface area contributed by atoms with Crippen LogP contribution in [0.15, 0.2) is 30.3 Å². The van der Waals surface area contributed by atoms with Gasteiger partial charge in [0.05, 0.1) is 20.3 Å². The van der Waals surface area contributed by atoms with Crippen LogP contribution in [0.1, 0.15) is 5.56 Å². The van der Waals surface area contributed by atoms with Gasteiger partial charge in [0.1, 0.15) is 12.6 Å². The number of methoxy groups -OCH3 is 1. The number of amides is 1. The molecule has 0 unspecified atom stereocenters. The molecule has 1 aromatic rings. The van der Waals surface area contributed by atoms with Crippen molar-refractivity contribution in [1.29, 1.82) is 0 Å². The molecular formula is C13H18N2O4. The lowest BCUT2D eigenvalue weighted by Crippen LogP contribution is -2.45. The van der Waals surface area contributed by atoms with Gasteiger partial charge < -0.3 is 20.5 Å². The van der Waals surface area contributed by atoms with E-state index in [1.54, 1.807) is 0 Å². The van der Waals surface area contributed by atoms with E-state index in [-0.39, 0.29) is 13.2 Å². The Hall–Kier alpha value is -1.92. The summed E-state index contributed by atoms with van der Waals surface area (Å²) in [5.74, 6) is -0.968. The molecule has 1 atom stereocenters. The average molecular weight is 266 g/mol. The highest BCUT2D eigenvalue weighted by Gasteiger charge is 2.14. The second-order valence-electron chi connectivity index (χ2n) is 3.90. The lowest BCUT2D eigenvalue weighted by Gasteiger charge is -2.12. The van der Waals surface area contributed by atoms with Crippen molar-refractivity contribution < 1.29 is 19.1 Å². The predicted octanol–water partition coefficient (Wildman–Crippen LogP) is -0.180. The number of nitrogens with two attached hydrogens (primary N) is 1. The second-order valence-corrected chi connectivity index (χ2v) is 3.90. The van der Waals surface area contributed by atoms with Gasteiger partial charge in [0.2, 0.25) is 5.91 Å². The van der Waals surface area contributed by atoms with Crippen molar-refractivity contribution in [3.8, 4) is 0 Å². The van der Waals surface area contributed by atoms with Crippen molar-refractivity contribution in [1.82, 2.24) is 5.32 Å². The van der Waals surface area contributed by atoms with Crippen LogP contribution in [0.4, 0.5) is 0 Å². The number of nitrogens with one attached hydrogen (secondary N) is 1. The molecule has 0 heterocycles. The fourth-order valence-electron chi connectivity index (χ4n) is 1.32. The monoisotopic (exact) mass is 266 g/mol. The number of ether oxygens (including phenoxy) is 2. The zero-order valence-electron chi connectivity index (χ0n) is 10.8. The molecule has 0 bridgehead atoms. The van der Waals surface area contributed by atoms with Gasteiger partial charge in [-0.3, -0.25) is 9.59 Å². The molecule has 0 aliphatic rings. The zero-order valence-corrected chi connectivity index (χ0v) is 10.8. The molecule has 0 saturated heterocycles. The van der Waals surface area contributed by atoms with Crippen LogP contribution in [0.2, 0.25) is 0 Å². The van der Waals surface area contributed by atoms with Crippen LogP contribution < -0.4 is 11.1 Å². The quantitative estimate of drug-likeness (QED) is 0.668. The molecule has 0 aromatic heterocycles. The Kier molecular flexibility index (Phi) is 6.56. The van der Waals surface area contributed by atoms with Crippen molar-refractivity contribution in [2.75, 3.05) is 20.3 Å². The van der Waals surface area contributed by atoms with E-state index < -0.39 is 17.9 Å². The summed E-state index contributed by atoms with van der Waals surface area (Å²) in [5.41, 5.74) is 6.62. The third kappa shape index (κ3) is 5.98. The van der Waals surface area contributed by atoms with Gasteiger partial charge in [-0.2, -0.15) is 0 Å². The maximum Gasteiger partial charge on any atom is 0.325 e. The SMILES string of the molecule is COC(=O)CNC(=O)[C@@H](N)COCc1ccccc1. The summed E-state index contributed by atoms with van der Waals surface area (Å²) in [5, 5.41) is 2.36. The first-order chi connectivity index (χ1) is 9.13. The lowest BCUT2D eigenvalue weighted by atomic mass is 10.2. The van der Waals surface area contributed by atoms with Crippen molar-refractivity contribution in [2.24, 2.45) is 5.73 Å². The second kappa shape index (κ2) is 8.23. The van der Waals surface area contributed by atoms with Crippen molar-refractivity contribution in [2.45, 2.75) is 12.6 Å². The van der Waals surface area contributed by atoms with E-state index in [1.165, 1.54) is 7.11 Å². The topological polar surface area (TPSA) is 90.7 Å². The van der Waals surface area contributed by atoms with Gasteiger partial charge in [0, 0.05) is 0 Å². The van der Waals surface area contributed by atoms with E-state index in [1.807, 2.05) is 30.3 Å². The number of carbonyl (C=O) groups excluding carboxylic acids is 2. The largest absolute Gasteiger partial charge is 0.468 e. The summed E-state index contributed by atoms with van der Waals surface area (Å²) in [6.07, 6.45) is 0. The maximum atomic E-state index is 11.5. The molecule has 1 amide bonds. The molecule has 0 spiro atoms. The van der Waals surface area contributed by atoms with Crippen LogP contribution in [0.25, 0.3) is 0 Å². The highest BCUT2D eigenvalue weighted by Crippen LogP contribution is 2.00. The number of rotatable bonds is 7. The summed E-state index contributed by atoms with van der Waals surface area (Å²) >= 11 is 0. The number of benzene rings is 1. The molecule has 1 aromatic carbocycles. The Morgan fingerprint density at radius 2 is 2.00 bits per heavy atom. The fraction of sp³-hybridized carbons (Fsp3) is 0.385. The highest BCUT2D eigenvalue weighted by atomic mass is 16.5. The van der Waals surface area contributed by atoms with E-state index in [0.717, 1.165) is 5.56 Å². The molecule has 19 heavy (non-hydrogen) atoms. The standard InChI is InChI=1S/C13H18N2O4/c1-18-12(16)7-15-13(17)11(14)9-19-8-10-5-3-2-4-6-10/h2-6,11H,7-9,14H2,1H3,(H,15,17)/t11-/m0/s1. The summed E-state index contributed by atoms with van der Waals surface area (Å²) in [7, 11) is 1.25. The fourth-order valence-corrected chi connectivity index (χ4v) is 1.32. The molecule has 0 aliphatic heterocycles. The molecular weight excluding hydrogens is 248 g/mol. The lowest BCUT2D eigenvalue weighted by molar-refractivity contribution is -0.141. The number of hydrogen-bond acceptors (Lipinski definition) is 5. The molecule has 1 rings (SSSR count). The van der Waals surface area contributed by atoms with Crippen LogP contribution in [-0.4, -0.2) is 38.2 Å². The van der Waals surface area contributed by atoms with Gasteiger partial charge in [0.25, 0.3) is 0 Å². The summed E-state index contributed by atoms with van der Waals surface area (Å²) < 4.78 is 9.73. The van der Waals surface area contributed by atoms with Gasteiger partial charge in [0.15, 0.2) is 0 Å². The first kappa shape index (κ1) is 15.1. The Morgan fingerprint density at radius 1 is 1.32 bits per heavy atom. The van der Waals surface area contributed by atoms with Crippen LogP contribution in [-0.2, 0) is 25.7 Å². The minimum absolute atomic E-state index is 0.0852. The van der Waals surface area contributed by atoms with E-state index in [9.17, 15) is 9.59 Å². The minimum atomic E-state index is -0.812. The van der Waals surface area contributed by atoms with E-state index in [4.69, 9.17) is 10.5 Å². The van der Waals surface area contributed by atoms with Crippen LogP contribution in [0.3, 0.4) is 0 Å². The van der Waals surface area contributed by atoms with E-state index in [0.29, 0.717) is 6.61 Å². The van der Waals surface area contributed by atoms with Gasteiger partial charge in [-0.05, 0) is 5.56 Å². The number of hydrogen-bond donors (Lipinski definition) is 2. The summed E-state index contributed by atoms with van der Waals surface area (Å²) in [4.78, 5) is 22.3. The number of esters is 1. The Morgan fingerprint density at radius 3 is 2.63 bits per heavy atom. The molecule has 6 nitrogen and oxygen atoms in total. The van der Waals surface area contributed by atoms with Gasteiger partial charge in [-0.25, -0.2) is 0 Å². The normalized spacial score (nSPS) is 11.7. The van der Waals surface area contributed by atoms with Gasteiger partial charge in [-0.1, -0.05) is 30.3 Å². The average Bonchev–Trinajstić information content (AvgIpc) is 2.45. The first-order valence-electron chi connectivity index (χ1n) is 5.85. The summed E-state index contributed by atoms with van der Waals surface area (Å²) in [6, 6.07) is 8.75. The predicted molar refractivity (Wildman–Crippen MR) is 69.1 cm³/mol. The highest BCUT2D eigenvalue weighted by molar-refractivity contribution is 5.85. The first-order valence-corrected chi connectivity index (χ1v) is 5.85. The smallest absolute Gasteiger partial charge is 0.325 e. The van der Waals surface area contributed by atoms with Gasteiger partial charge >= 0.3 is 5.97 Å². The zero-order chi connectivity index (χ0) is 14.1. The third-order valence-corrected chi connectivity index (χ3v) is 2.38. The van der Waals surface area contributed by atoms with Crippen molar-refractivity contribution >= 4 is 11.9 Å². The molecule has 0 aliphatic carbocycles. The van der Waals surface area contributed by atoms with Crippen LogP contribution in [0.5, 0.6) is 0 Å². The third-order valence-electron chi connectivity index (χ3n) is 2.38. The van der Waals surface area contributed by atoms with Gasteiger partial charge in [-0.15, -0.1) is 0 Å².